The predicted octanol–water partition coefficient (Wildman–Crippen LogP) is 6.55. The molecule has 0 bridgehead atoms. The van der Waals surface area contributed by atoms with Crippen molar-refractivity contribution in [1.29, 1.82) is 0 Å². The van der Waals surface area contributed by atoms with Gasteiger partial charge in [-0.1, -0.05) is 47.5 Å². The molecule has 1 N–H and O–H groups in total. The molecule has 0 aliphatic carbocycles. The second-order valence-electron chi connectivity index (χ2n) is 5.71. The average Bonchev–Trinajstić information content (AvgIpc) is 2.68. The second kappa shape index (κ2) is 9.18. The molecule has 0 aliphatic heterocycles. The van der Waals surface area contributed by atoms with E-state index in [-0.39, 0.29) is 5.91 Å². The molecule has 3 nitrogen and oxygen atoms in total. The Labute approximate surface area is 172 Å². The van der Waals surface area contributed by atoms with Crippen molar-refractivity contribution in [2.75, 3.05) is 12.4 Å². The molecule has 0 spiro atoms. The normalized spacial score (nSPS) is 10.5. The van der Waals surface area contributed by atoms with Gasteiger partial charge in [0.15, 0.2) is 0 Å². The number of rotatable bonds is 6. The quantitative estimate of drug-likeness (QED) is 0.462. The summed E-state index contributed by atoms with van der Waals surface area (Å²) in [6.45, 7) is 0. The lowest BCUT2D eigenvalue weighted by Crippen LogP contribution is -2.13. The predicted molar refractivity (Wildman–Crippen MR) is 113 cm³/mol. The van der Waals surface area contributed by atoms with Crippen molar-refractivity contribution in [2.24, 2.45) is 0 Å². The van der Waals surface area contributed by atoms with E-state index in [4.69, 9.17) is 27.9 Å². The summed E-state index contributed by atoms with van der Waals surface area (Å²) in [5.74, 6) is 0.974. The third kappa shape index (κ3) is 5.19. The van der Waals surface area contributed by atoms with Gasteiger partial charge < -0.3 is 10.1 Å². The van der Waals surface area contributed by atoms with Crippen LogP contribution in [-0.2, 0) is 5.75 Å². The molecule has 0 aromatic heterocycles. The van der Waals surface area contributed by atoms with Crippen molar-refractivity contribution >= 4 is 46.6 Å². The first kappa shape index (κ1) is 19.6. The van der Waals surface area contributed by atoms with Gasteiger partial charge in [0.2, 0.25) is 0 Å². The highest BCUT2D eigenvalue weighted by Crippen LogP contribution is 2.31. The van der Waals surface area contributed by atoms with Crippen molar-refractivity contribution in [3.63, 3.8) is 0 Å². The molecule has 0 heterocycles. The van der Waals surface area contributed by atoms with Gasteiger partial charge in [0.1, 0.15) is 5.75 Å². The van der Waals surface area contributed by atoms with E-state index in [0.717, 1.165) is 21.9 Å². The van der Waals surface area contributed by atoms with Crippen LogP contribution in [0.4, 0.5) is 5.69 Å². The van der Waals surface area contributed by atoms with Crippen LogP contribution in [0.1, 0.15) is 15.9 Å². The smallest absolute Gasteiger partial charge is 0.259 e. The minimum Gasteiger partial charge on any atom is -0.496 e. The third-order valence-corrected chi connectivity index (χ3v) is 5.48. The Hall–Kier alpha value is -2.14. The molecule has 3 aromatic rings. The SMILES string of the molecule is COc1ccc(Cl)cc1C(=O)Nc1ccccc1SCc1ccc(Cl)cc1. The van der Waals surface area contributed by atoms with E-state index >= 15 is 0 Å². The van der Waals surface area contributed by atoms with Crippen molar-refractivity contribution in [2.45, 2.75) is 10.6 Å². The summed E-state index contributed by atoms with van der Waals surface area (Å²) in [4.78, 5) is 13.7. The molecular weight excluding hydrogens is 401 g/mol. The van der Waals surface area contributed by atoms with Crippen LogP contribution in [0.25, 0.3) is 0 Å². The van der Waals surface area contributed by atoms with Crippen molar-refractivity contribution < 1.29 is 9.53 Å². The van der Waals surface area contributed by atoms with Gasteiger partial charge in [-0.25, -0.2) is 0 Å². The highest BCUT2D eigenvalue weighted by atomic mass is 35.5. The first-order valence-electron chi connectivity index (χ1n) is 8.18. The third-order valence-electron chi connectivity index (χ3n) is 3.85. The Morgan fingerprint density at radius 2 is 1.70 bits per heavy atom. The minimum absolute atomic E-state index is 0.270. The standard InChI is InChI=1S/C21H17Cl2NO2S/c1-26-19-11-10-16(23)12-17(19)21(25)24-18-4-2-3-5-20(18)27-13-14-6-8-15(22)9-7-14/h2-12H,13H2,1H3,(H,24,25). The maximum absolute atomic E-state index is 12.7. The Kier molecular flexibility index (Phi) is 6.67. The van der Waals surface area contributed by atoms with Gasteiger partial charge in [0, 0.05) is 20.7 Å². The van der Waals surface area contributed by atoms with E-state index < -0.39 is 0 Å². The van der Waals surface area contributed by atoms with Gasteiger partial charge >= 0.3 is 0 Å². The van der Waals surface area contributed by atoms with Crippen LogP contribution < -0.4 is 10.1 Å². The van der Waals surface area contributed by atoms with Gasteiger partial charge in [-0.2, -0.15) is 0 Å². The van der Waals surface area contributed by atoms with Crippen LogP contribution in [-0.4, -0.2) is 13.0 Å². The number of thioether (sulfide) groups is 1. The van der Waals surface area contributed by atoms with Crippen LogP contribution in [0.5, 0.6) is 5.75 Å². The lowest BCUT2D eigenvalue weighted by Gasteiger charge is -2.13. The number of carbonyl (C=O) groups excluding carboxylic acids is 1. The van der Waals surface area contributed by atoms with Crippen molar-refractivity contribution in [3.05, 3.63) is 87.9 Å². The number of amides is 1. The van der Waals surface area contributed by atoms with Crippen LogP contribution in [0.3, 0.4) is 0 Å². The molecule has 0 radical (unpaired) electrons. The summed E-state index contributed by atoms with van der Waals surface area (Å²) in [5.41, 5.74) is 2.29. The molecule has 0 saturated heterocycles. The largest absolute Gasteiger partial charge is 0.496 e. The number of benzene rings is 3. The fourth-order valence-electron chi connectivity index (χ4n) is 2.48. The van der Waals surface area contributed by atoms with Crippen LogP contribution >= 0.6 is 35.0 Å². The molecule has 6 heteroatoms. The summed E-state index contributed by atoms with van der Waals surface area (Å²) in [5, 5.41) is 4.15. The van der Waals surface area contributed by atoms with E-state index in [9.17, 15) is 4.79 Å². The number of methoxy groups -OCH3 is 1. The van der Waals surface area contributed by atoms with E-state index in [1.807, 2.05) is 48.5 Å². The van der Waals surface area contributed by atoms with Crippen molar-refractivity contribution in [3.8, 4) is 5.75 Å². The lowest BCUT2D eigenvalue weighted by molar-refractivity contribution is 0.102. The summed E-state index contributed by atoms with van der Waals surface area (Å²) in [7, 11) is 1.52. The Bertz CT molecular complexity index is 945. The monoisotopic (exact) mass is 417 g/mol. The first-order chi connectivity index (χ1) is 13.1. The second-order valence-corrected chi connectivity index (χ2v) is 7.60. The topological polar surface area (TPSA) is 38.3 Å². The zero-order valence-corrected chi connectivity index (χ0v) is 16.9. The zero-order valence-electron chi connectivity index (χ0n) is 14.5. The number of carbonyl (C=O) groups is 1. The molecule has 0 saturated carbocycles. The van der Waals surface area contributed by atoms with Crippen LogP contribution in [0.2, 0.25) is 10.0 Å². The Balaban J connectivity index is 1.77. The van der Waals surface area contributed by atoms with Gasteiger partial charge in [-0.3, -0.25) is 4.79 Å². The summed E-state index contributed by atoms with van der Waals surface area (Å²) >= 11 is 13.6. The molecule has 0 aliphatic rings. The highest BCUT2D eigenvalue weighted by molar-refractivity contribution is 7.98. The number of anilines is 1. The number of halogens is 2. The van der Waals surface area contributed by atoms with E-state index in [1.54, 1.807) is 30.0 Å². The number of hydrogen-bond acceptors (Lipinski definition) is 3. The first-order valence-corrected chi connectivity index (χ1v) is 9.92. The molecule has 0 fully saturated rings. The van der Waals surface area contributed by atoms with Crippen molar-refractivity contribution in [1.82, 2.24) is 0 Å². The highest BCUT2D eigenvalue weighted by Gasteiger charge is 2.15. The molecule has 1 amide bonds. The molecule has 0 atom stereocenters. The van der Waals surface area contributed by atoms with Crippen LogP contribution in [0, 0.1) is 0 Å². The molecular formula is C21H17Cl2NO2S. The maximum atomic E-state index is 12.7. The number of nitrogens with one attached hydrogen (secondary N) is 1. The summed E-state index contributed by atoms with van der Waals surface area (Å²) in [6, 6.07) is 20.4. The molecule has 3 rings (SSSR count). The number of hydrogen-bond donors (Lipinski definition) is 1. The summed E-state index contributed by atoms with van der Waals surface area (Å²) < 4.78 is 5.27. The van der Waals surface area contributed by atoms with Crippen LogP contribution in [0.15, 0.2) is 71.6 Å². The molecule has 0 unspecified atom stereocenters. The Morgan fingerprint density at radius 1 is 1.00 bits per heavy atom. The number of para-hydroxylation sites is 1. The van der Waals surface area contributed by atoms with E-state index in [1.165, 1.54) is 7.11 Å². The molecule has 3 aromatic carbocycles. The van der Waals surface area contributed by atoms with Gasteiger partial charge in [0.25, 0.3) is 5.91 Å². The fourth-order valence-corrected chi connectivity index (χ4v) is 3.75. The lowest BCUT2D eigenvalue weighted by atomic mass is 10.2. The minimum atomic E-state index is -0.270. The maximum Gasteiger partial charge on any atom is 0.259 e. The van der Waals surface area contributed by atoms with Gasteiger partial charge in [-0.15, -0.1) is 11.8 Å². The van der Waals surface area contributed by atoms with E-state index in [0.29, 0.717) is 21.4 Å². The fraction of sp³-hybridized carbons (Fsp3) is 0.0952. The zero-order chi connectivity index (χ0) is 19.2. The Morgan fingerprint density at radius 3 is 2.44 bits per heavy atom. The van der Waals surface area contributed by atoms with Gasteiger partial charge in [0.05, 0.1) is 18.4 Å². The summed E-state index contributed by atoms with van der Waals surface area (Å²) in [6.07, 6.45) is 0. The van der Waals surface area contributed by atoms with Gasteiger partial charge in [-0.05, 0) is 48.0 Å². The molecule has 138 valence electrons. The molecule has 27 heavy (non-hydrogen) atoms. The van der Waals surface area contributed by atoms with E-state index in [2.05, 4.69) is 5.32 Å². The number of ether oxygens (including phenoxy) is 1. The average molecular weight is 418 g/mol.